The van der Waals surface area contributed by atoms with E-state index in [2.05, 4.69) is 15.5 Å². The molecule has 0 aliphatic heterocycles. The third kappa shape index (κ3) is 5.01. The minimum atomic E-state index is -0.392. The normalized spacial score (nSPS) is 10.6. The van der Waals surface area contributed by atoms with E-state index in [1.165, 1.54) is 11.8 Å². The molecule has 0 bridgehead atoms. The molecule has 0 spiro atoms. The molecule has 8 heteroatoms. The summed E-state index contributed by atoms with van der Waals surface area (Å²) in [5, 5.41) is 12.5. The van der Waals surface area contributed by atoms with Gasteiger partial charge in [-0.3, -0.25) is 9.36 Å². The monoisotopic (exact) mass is 383 g/mol. The Hall–Kier alpha value is -3.00. The SMILES string of the molecule is CCOc1ccc(NCc2nnc(SCC(N)=O)n2-c2ccccc2)cc1. The fourth-order valence-corrected chi connectivity index (χ4v) is 3.21. The Labute approximate surface area is 161 Å². The van der Waals surface area contributed by atoms with E-state index in [0.717, 1.165) is 22.9 Å². The number of nitrogens with one attached hydrogen (secondary N) is 1. The third-order valence-corrected chi connectivity index (χ3v) is 4.63. The first kappa shape index (κ1) is 18.8. The Morgan fingerprint density at radius 2 is 1.89 bits per heavy atom. The molecule has 0 aliphatic rings. The fourth-order valence-electron chi connectivity index (χ4n) is 2.50. The number of benzene rings is 2. The van der Waals surface area contributed by atoms with Crippen molar-refractivity contribution in [3.8, 4) is 11.4 Å². The van der Waals surface area contributed by atoms with Crippen LogP contribution in [0.3, 0.4) is 0 Å². The van der Waals surface area contributed by atoms with Gasteiger partial charge in [-0.05, 0) is 43.3 Å². The van der Waals surface area contributed by atoms with E-state index < -0.39 is 5.91 Å². The van der Waals surface area contributed by atoms with Crippen LogP contribution in [0.2, 0.25) is 0 Å². The largest absolute Gasteiger partial charge is 0.494 e. The summed E-state index contributed by atoms with van der Waals surface area (Å²) in [4.78, 5) is 11.1. The van der Waals surface area contributed by atoms with Crippen LogP contribution in [0.5, 0.6) is 5.75 Å². The number of para-hydroxylation sites is 1. The van der Waals surface area contributed by atoms with Crippen molar-refractivity contribution in [3.63, 3.8) is 0 Å². The van der Waals surface area contributed by atoms with Gasteiger partial charge >= 0.3 is 0 Å². The molecule has 1 aromatic heterocycles. The molecule has 1 amide bonds. The quantitative estimate of drug-likeness (QED) is 0.552. The molecule has 0 fully saturated rings. The van der Waals surface area contributed by atoms with Crippen LogP contribution in [0.25, 0.3) is 5.69 Å². The van der Waals surface area contributed by atoms with Gasteiger partial charge < -0.3 is 15.8 Å². The van der Waals surface area contributed by atoms with Gasteiger partial charge in [-0.2, -0.15) is 0 Å². The average Bonchev–Trinajstić information content (AvgIpc) is 3.09. The summed E-state index contributed by atoms with van der Waals surface area (Å²) < 4.78 is 7.38. The van der Waals surface area contributed by atoms with E-state index in [4.69, 9.17) is 10.5 Å². The van der Waals surface area contributed by atoms with Crippen LogP contribution in [0, 0.1) is 0 Å². The maximum Gasteiger partial charge on any atom is 0.227 e. The second kappa shape index (κ2) is 9.09. The highest BCUT2D eigenvalue weighted by Gasteiger charge is 2.15. The van der Waals surface area contributed by atoms with Crippen LogP contribution in [0.1, 0.15) is 12.7 Å². The number of nitrogens with two attached hydrogens (primary N) is 1. The lowest BCUT2D eigenvalue weighted by molar-refractivity contribution is -0.115. The maximum absolute atomic E-state index is 11.1. The molecule has 3 aromatic rings. The first-order valence-corrected chi connectivity index (χ1v) is 9.53. The lowest BCUT2D eigenvalue weighted by Gasteiger charge is -2.11. The van der Waals surface area contributed by atoms with Gasteiger partial charge in [0.2, 0.25) is 5.91 Å². The highest BCUT2D eigenvalue weighted by atomic mass is 32.2. The average molecular weight is 383 g/mol. The van der Waals surface area contributed by atoms with Gasteiger partial charge in [-0.1, -0.05) is 30.0 Å². The Balaban J connectivity index is 1.79. The number of carbonyl (C=O) groups excluding carboxylic acids is 1. The van der Waals surface area contributed by atoms with Gasteiger partial charge in [-0.15, -0.1) is 10.2 Å². The van der Waals surface area contributed by atoms with E-state index >= 15 is 0 Å². The van der Waals surface area contributed by atoms with Crippen LogP contribution in [-0.4, -0.2) is 33.0 Å². The number of primary amides is 1. The molecule has 7 nitrogen and oxygen atoms in total. The van der Waals surface area contributed by atoms with Crippen molar-refractivity contribution in [2.45, 2.75) is 18.6 Å². The predicted molar refractivity (Wildman–Crippen MR) is 106 cm³/mol. The summed E-state index contributed by atoms with van der Waals surface area (Å²) in [6.45, 7) is 3.07. The molecular weight excluding hydrogens is 362 g/mol. The number of amides is 1. The van der Waals surface area contributed by atoms with Gasteiger partial charge in [0.05, 0.1) is 18.9 Å². The summed E-state index contributed by atoms with van der Waals surface area (Å²) >= 11 is 1.27. The van der Waals surface area contributed by atoms with Gasteiger partial charge in [0, 0.05) is 11.4 Å². The molecule has 0 aliphatic carbocycles. The Kier molecular flexibility index (Phi) is 6.32. The zero-order valence-corrected chi connectivity index (χ0v) is 15.8. The number of carbonyl (C=O) groups is 1. The Morgan fingerprint density at radius 3 is 2.56 bits per heavy atom. The standard InChI is InChI=1S/C19H21N5O2S/c1-2-26-16-10-8-14(9-11-16)21-12-18-22-23-19(27-13-17(20)25)24(18)15-6-4-3-5-7-15/h3-11,21H,2,12-13H2,1H3,(H2,20,25). The summed E-state index contributed by atoms with van der Waals surface area (Å²) in [7, 11) is 0. The molecule has 0 atom stereocenters. The minimum Gasteiger partial charge on any atom is -0.494 e. The van der Waals surface area contributed by atoms with Crippen molar-refractivity contribution in [1.29, 1.82) is 0 Å². The predicted octanol–water partition coefficient (Wildman–Crippen LogP) is 2.86. The molecular formula is C19H21N5O2S. The molecule has 1 heterocycles. The molecule has 0 saturated heterocycles. The van der Waals surface area contributed by atoms with Crippen molar-refractivity contribution in [3.05, 3.63) is 60.4 Å². The molecule has 0 unspecified atom stereocenters. The van der Waals surface area contributed by atoms with Crippen LogP contribution in [-0.2, 0) is 11.3 Å². The Morgan fingerprint density at radius 1 is 1.15 bits per heavy atom. The second-order valence-corrected chi connectivity index (χ2v) is 6.58. The number of rotatable bonds is 9. The molecule has 0 radical (unpaired) electrons. The highest BCUT2D eigenvalue weighted by molar-refractivity contribution is 7.99. The number of thioether (sulfide) groups is 1. The van der Waals surface area contributed by atoms with E-state index in [9.17, 15) is 4.79 Å². The third-order valence-electron chi connectivity index (χ3n) is 3.67. The van der Waals surface area contributed by atoms with E-state index in [0.29, 0.717) is 18.3 Å². The Bertz CT molecular complexity index is 881. The molecule has 27 heavy (non-hydrogen) atoms. The zero-order valence-electron chi connectivity index (χ0n) is 15.0. The van der Waals surface area contributed by atoms with Gasteiger partial charge in [-0.25, -0.2) is 0 Å². The molecule has 2 aromatic carbocycles. The second-order valence-electron chi connectivity index (χ2n) is 5.64. The highest BCUT2D eigenvalue weighted by Crippen LogP contribution is 2.23. The van der Waals surface area contributed by atoms with Crippen molar-refractivity contribution >= 4 is 23.4 Å². The first-order chi connectivity index (χ1) is 13.2. The molecule has 0 saturated carbocycles. The van der Waals surface area contributed by atoms with Crippen molar-refractivity contribution in [2.75, 3.05) is 17.7 Å². The lowest BCUT2D eigenvalue weighted by Crippen LogP contribution is -2.14. The number of anilines is 1. The van der Waals surface area contributed by atoms with E-state index in [1.807, 2.05) is 66.1 Å². The smallest absolute Gasteiger partial charge is 0.227 e. The van der Waals surface area contributed by atoms with Crippen molar-refractivity contribution in [1.82, 2.24) is 14.8 Å². The van der Waals surface area contributed by atoms with Gasteiger partial charge in [0.25, 0.3) is 0 Å². The topological polar surface area (TPSA) is 95.1 Å². The van der Waals surface area contributed by atoms with Crippen LogP contribution in [0.15, 0.2) is 59.8 Å². The number of hydrogen-bond donors (Lipinski definition) is 2. The minimum absolute atomic E-state index is 0.150. The zero-order chi connectivity index (χ0) is 19.1. The van der Waals surface area contributed by atoms with Crippen LogP contribution in [0.4, 0.5) is 5.69 Å². The van der Waals surface area contributed by atoms with Gasteiger partial charge in [0.15, 0.2) is 11.0 Å². The summed E-state index contributed by atoms with van der Waals surface area (Å²) in [6.07, 6.45) is 0. The number of ether oxygens (including phenoxy) is 1. The number of hydrogen-bond acceptors (Lipinski definition) is 6. The molecule has 3 rings (SSSR count). The van der Waals surface area contributed by atoms with E-state index in [-0.39, 0.29) is 5.75 Å². The van der Waals surface area contributed by atoms with Crippen molar-refractivity contribution in [2.24, 2.45) is 5.73 Å². The lowest BCUT2D eigenvalue weighted by atomic mass is 10.3. The van der Waals surface area contributed by atoms with Crippen LogP contribution >= 0.6 is 11.8 Å². The van der Waals surface area contributed by atoms with Crippen LogP contribution < -0.4 is 15.8 Å². The summed E-state index contributed by atoms with van der Waals surface area (Å²) in [5.41, 5.74) is 7.14. The number of aromatic nitrogens is 3. The van der Waals surface area contributed by atoms with E-state index in [1.54, 1.807) is 0 Å². The first-order valence-electron chi connectivity index (χ1n) is 8.55. The fraction of sp³-hybridized carbons (Fsp3) is 0.211. The van der Waals surface area contributed by atoms with Gasteiger partial charge in [0.1, 0.15) is 5.75 Å². The maximum atomic E-state index is 11.1. The molecule has 140 valence electrons. The summed E-state index contributed by atoms with van der Waals surface area (Å²) in [6, 6.07) is 17.5. The van der Waals surface area contributed by atoms with Crippen molar-refractivity contribution < 1.29 is 9.53 Å². The number of nitrogens with zero attached hydrogens (tertiary/aromatic N) is 3. The summed E-state index contributed by atoms with van der Waals surface area (Å²) in [5.74, 6) is 1.33. The molecule has 3 N–H and O–H groups in total.